The molecule has 0 saturated carbocycles. The average molecular weight is 547 g/mol. The lowest BCUT2D eigenvalue weighted by atomic mass is 9.85. The summed E-state index contributed by atoms with van der Waals surface area (Å²) in [7, 11) is -1.36. The average Bonchev–Trinajstić information content (AvgIpc) is 2.82. The Bertz CT molecular complexity index is 967. The first-order valence-corrected chi connectivity index (χ1v) is 13.5. The molecule has 3 rings (SSSR count). The van der Waals surface area contributed by atoms with Gasteiger partial charge < -0.3 is 19.7 Å². The number of nitrogens with one attached hydrogen (secondary N) is 2. The smallest absolute Gasteiger partial charge is 0.253 e. The fraction of sp³-hybridized carbons (Fsp3) is 0.583. The summed E-state index contributed by atoms with van der Waals surface area (Å²) < 4.78 is 27.3. The molecule has 0 bridgehead atoms. The molecule has 1 aromatic carbocycles. The van der Waals surface area contributed by atoms with Crippen LogP contribution in [0.15, 0.2) is 24.8 Å². The lowest BCUT2D eigenvalue weighted by Crippen LogP contribution is -2.53. The van der Waals surface area contributed by atoms with E-state index >= 15 is 0 Å². The summed E-state index contributed by atoms with van der Waals surface area (Å²) in [5.74, 6) is 0.258. The molecule has 2 fully saturated rings. The number of benzene rings is 1. The second-order valence-electron chi connectivity index (χ2n) is 9.65. The second kappa shape index (κ2) is 12.1. The standard InChI is InChI=1S/C24H33Cl2N3O5S/c1-5-10-33-19-12-18(26)17(25)11-16(19)22(28-35(32)24(2,3)4)15-6-8-29(9-7-15)23(31)20-13-27-21(30)14-34-20/h5,11-12,15,20,22,28H,1,6-10,13-14H2,2-4H3,(H,27,30)/t20?,22-,35+/m1/s1. The van der Waals surface area contributed by atoms with Crippen molar-refractivity contribution in [2.75, 3.05) is 32.8 Å². The molecule has 194 valence electrons. The molecule has 11 heteroatoms. The van der Waals surface area contributed by atoms with Gasteiger partial charge in [0.15, 0.2) is 6.10 Å². The van der Waals surface area contributed by atoms with Crippen molar-refractivity contribution in [1.29, 1.82) is 0 Å². The molecule has 2 aliphatic rings. The van der Waals surface area contributed by atoms with Crippen LogP contribution in [0.25, 0.3) is 0 Å². The van der Waals surface area contributed by atoms with Crippen molar-refractivity contribution in [1.82, 2.24) is 14.9 Å². The van der Waals surface area contributed by atoms with Crippen LogP contribution in [-0.4, -0.2) is 64.6 Å². The normalized spacial score (nSPS) is 21.2. The monoisotopic (exact) mass is 545 g/mol. The number of nitrogens with zero attached hydrogens (tertiary/aromatic N) is 1. The number of ether oxygens (including phenoxy) is 2. The highest BCUT2D eigenvalue weighted by Gasteiger charge is 2.36. The van der Waals surface area contributed by atoms with Crippen LogP contribution in [-0.2, 0) is 25.3 Å². The largest absolute Gasteiger partial charge is 0.489 e. The number of rotatable bonds is 8. The number of hydrogen-bond donors (Lipinski definition) is 2. The van der Waals surface area contributed by atoms with Crippen LogP contribution in [0.4, 0.5) is 0 Å². The highest BCUT2D eigenvalue weighted by molar-refractivity contribution is 7.84. The Kier molecular flexibility index (Phi) is 9.62. The maximum Gasteiger partial charge on any atom is 0.253 e. The van der Waals surface area contributed by atoms with Crippen molar-refractivity contribution in [3.05, 3.63) is 40.4 Å². The van der Waals surface area contributed by atoms with Gasteiger partial charge in [-0.25, -0.2) is 8.93 Å². The minimum atomic E-state index is -1.36. The van der Waals surface area contributed by atoms with Crippen LogP contribution in [0.2, 0.25) is 10.0 Å². The minimum Gasteiger partial charge on any atom is -0.489 e. The molecule has 0 aromatic heterocycles. The van der Waals surface area contributed by atoms with Gasteiger partial charge in [-0.05, 0) is 45.6 Å². The third-order valence-corrected chi connectivity index (χ3v) is 8.34. The number of carbonyl (C=O) groups excluding carboxylic acids is 2. The van der Waals surface area contributed by atoms with Gasteiger partial charge in [0, 0.05) is 24.7 Å². The summed E-state index contributed by atoms with van der Waals surface area (Å²) in [5.41, 5.74) is 0.766. The van der Waals surface area contributed by atoms with E-state index in [1.54, 1.807) is 23.1 Å². The Balaban J connectivity index is 1.82. The van der Waals surface area contributed by atoms with Crippen molar-refractivity contribution in [2.24, 2.45) is 5.92 Å². The van der Waals surface area contributed by atoms with Gasteiger partial charge in [-0.2, -0.15) is 0 Å². The fourth-order valence-corrected chi connectivity index (χ4v) is 5.30. The quantitative estimate of drug-likeness (QED) is 0.488. The summed E-state index contributed by atoms with van der Waals surface area (Å²) in [6, 6.07) is 3.09. The van der Waals surface area contributed by atoms with E-state index in [9.17, 15) is 13.8 Å². The van der Waals surface area contributed by atoms with Gasteiger partial charge >= 0.3 is 0 Å². The SMILES string of the molecule is C=CCOc1cc(Cl)c(Cl)cc1[C@H](N[S@@](=O)C(C)(C)C)C1CCN(C(=O)C2CNC(=O)CO2)CC1. The zero-order valence-corrected chi connectivity index (χ0v) is 22.6. The van der Waals surface area contributed by atoms with E-state index in [-0.39, 0.29) is 43.5 Å². The van der Waals surface area contributed by atoms with Gasteiger partial charge in [0.2, 0.25) is 5.91 Å². The van der Waals surface area contributed by atoms with E-state index in [0.29, 0.717) is 41.7 Å². The first-order chi connectivity index (χ1) is 16.5. The number of amides is 2. The van der Waals surface area contributed by atoms with Gasteiger partial charge in [-0.1, -0.05) is 35.9 Å². The molecule has 2 amide bonds. The van der Waals surface area contributed by atoms with E-state index in [1.165, 1.54) is 0 Å². The molecule has 1 unspecified atom stereocenters. The zero-order valence-electron chi connectivity index (χ0n) is 20.3. The summed E-state index contributed by atoms with van der Waals surface area (Å²) in [5, 5.41) is 3.42. The lowest BCUT2D eigenvalue weighted by Gasteiger charge is -2.39. The molecule has 1 aromatic rings. The molecule has 2 N–H and O–H groups in total. The molecule has 0 aliphatic carbocycles. The van der Waals surface area contributed by atoms with Crippen LogP contribution in [0, 0.1) is 5.92 Å². The van der Waals surface area contributed by atoms with Crippen LogP contribution in [0.3, 0.4) is 0 Å². The zero-order chi connectivity index (χ0) is 25.8. The highest BCUT2D eigenvalue weighted by atomic mass is 35.5. The van der Waals surface area contributed by atoms with Gasteiger partial charge in [-0.15, -0.1) is 0 Å². The predicted molar refractivity (Wildman–Crippen MR) is 138 cm³/mol. The van der Waals surface area contributed by atoms with Gasteiger partial charge in [-0.3, -0.25) is 9.59 Å². The van der Waals surface area contributed by atoms with E-state index in [4.69, 9.17) is 32.7 Å². The molecular formula is C24H33Cl2N3O5S. The maximum atomic E-state index is 13.1. The molecule has 2 aliphatic heterocycles. The van der Waals surface area contributed by atoms with Crippen LogP contribution in [0.1, 0.15) is 45.2 Å². The number of likely N-dealkylation sites (tertiary alicyclic amines) is 1. The van der Waals surface area contributed by atoms with E-state index in [2.05, 4.69) is 16.6 Å². The number of carbonyl (C=O) groups is 2. The molecular weight excluding hydrogens is 513 g/mol. The van der Waals surface area contributed by atoms with Gasteiger partial charge in [0.05, 0.1) is 38.4 Å². The van der Waals surface area contributed by atoms with Crippen molar-refractivity contribution in [3.63, 3.8) is 0 Å². The van der Waals surface area contributed by atoms with E-state index < -0.39 is 21.8 Å². The Hall–Kier alpha value is -1.65. The molecule has 2 saturated heterocycles. The van der Waals surface area contributed by atoms with Crippen molar-refractivity contribution >= 4 is 46.0 Å². The molecule has 0 radical (unpaired) electrons. The number of hydrogen-bond acceptors (Lipinski definition) is 5. The Labute approximate surface area is 219 Å². The van der Waals surface area contributed by atoms with Crippen LogP contribution < -0.4 is 14.8 Å². The lowest BCUT2D eigenvalue weighted by molar-refractivity contribution is -0.151. The second-order valence-corrected chi connectivity index (χ2v) is 12.5. The van der Waals surface area contributed by atoms with Crippen molar-refractivity contribution < 1.29 is 23.3 Å². The predicted octanol–water partition coefficient (Wildman–Crippen LogP) is 3.40. The third-order valence-electron chi connectivity index (χ3n) is 6.03. The Morgan fingerprint density at radius 3 is 2.57 bits per heavy atom. The first kappa shape index (κ1) is 27.9. The van der Waals surface area contributed by atoms with Gasteiger partial charge in [0.25, 0.3) is 5.91 Å². The van der Waals surface area contributed by atoms with Gasteiger partial charge in [0.1, 0.15) is 19.0 Å². The fourth-order valence-electron chi connectivity index (χ4n) is 4.07. The van der Waals surface area contributed by atoms with E-state index in [1.807, 2.05) is 20.8 Å². The number of morpholine rings is 1. The van der Waals surface area contributed by atoms with Crippen LogP contribution >= 0.6 is 23.2 Å². The maximum absolute atomic E-state index is 13.1. The Morgan fingerprint density at radius 1 is 1.34 bits per heavy atom. The number of halogens is 2. The molecule has 3 atom stereocenters. The topological polar surface area (TPSA) is 97.0 Å². The molecule has 35 heavy (non-hydrogen) atoms. The minimum absolute atomic E-state index is 0.0562. The molecule has 2 heterocycles. The summed E-state index contributed by atoms with van der Waals surface area (Å²) in [4.78, 5) is 26.0. The molecule has 8 nitrogen and oxygen atoms in total. The van der Waals surface area contributed by atoms with E-state index in [0.717, 1.165) is 5.56 Å². The van der Waals surface area contributed by atoms with Crippen molar-refractivity contribution in [2.45, 2.75) is 50.5 Å². The first-order valence-electron chi connectivity index (χ1n) is 11.6. The number of piperidine rings is 1. The van der Waals surface area contributed by atoms with Crippen molar-refractivity contribution in [3.8, 4) is 5.75 Å². The Morgan fingerprint density at radius 2 is 2.00 bits per heavy atom. The summed E-state index contributed by atoms with van der Waals surface area (Å²) in [6.07, 6.45) is 2.32. The molecule has 0 spiro atoms. The highest BCUT2D eigenvalue weighted by Crippen LogP contribution is 2.40. The summed E-state index contributed by atoms with van der Waals surface area (Å²) in [6.45, 7) is 10.8. The summed E-state index contributed by atoms with van der Waals surface area (Å²) >= 11 is 12.7. The third kappa shape index (κ3) is 7.20. The van der Waals surface area contributed by atoms with Crippen LogP contribution in [0.5, 0.6) is 5.75 Å².